The van der Waals surface area contributed by atoms with Crippen molar-refractivity contribution in [3.8, 4) is 0 Å². The molecule has 1 aliphatic heterocycles. The van der Waals surface area contributed by atoms with Gasteiger partial charge < -0.3 is 10.6 Å². The van der Waals surface area contributed by atoms with Crippen molar-refractivity contribution in [3.05, 3.63) is 65.7 Å². The SMILES string of the molecule is CC(C)CCN(c1ccc(CCc2ccccc2)cc1)[C@H]1CCN(CC(N)CC(C)C)C1. The molecule has 0 radical (unpaired) electrons. The van der Waals surface area contributed by atoms with Crippen LogP contribution in [-0.4, -0.2) is 43.2 Å². The van der Waals surface area contributed by atoms with Gasteiger partial charge in [0.05, 0.1) is 0 Å². The Kier molecular flexibility index (Phi) is 9.62. The van der Waals surface area contributed by atoms with Crippen LogP contribution in [0.5, 0.6) is 0 Å². The molecule has 1 heterocycles. The third-order valence-corrected chi connectivity index (χ3v) is 6.72. The second kappa shape index (κ2) is 12.4. The fourth-order valence-corrected chi connectivity index (χ4v) is 4.95. The lowest BCUT2D eigenvalue weighted by Gasteiger charge is -2.32. The number of hydrogen-bond acceptors (Lipinski definition) is 3. The van der Waals surface area contributed by atoms with Gasteiger partial charge in [0.15, 0.2) is 0 Å². The molecule has 0 bridgehead atoms. The van der Waals surface area contributed by atoms with Gasteiger partial charge in [-0.15, -0.1) is 0 Å². The Bertz CT molecular complexity index is 769. The highest BCUT2D eigenvalue weighted by atomic mass is 15.3. The van der Waals surface area contributed by atoms with E-state index < -0.39 is 0 Å². The fraction of sp³-hybridized carbons (Fsp3) is 0.586. The second-order valence-corrected chi connectivity index (χ2v) is 10.6. The van der Waals surface area contributed by atoms with Gasteiger partial charge in [0, 0.05) is 44.0 Å². The number of likely N-dealkylation sites (tertiary alicyclic amines) is 1. The van der Waals surface area contributed by atoms with Gasteiger partial charge in [0.2, 0.25) is 0 Å². The summed E-state index contributed by atoms with van der Waals surface area (Å²) in [4.78, 5) is 5.27. The molecule has 2 atom stereocenters. The van der Waals surface area contributed by atoms with Crippen LogP contribution < -0.4 is 10.6 Å². The minimum atomic E-state index is 0.293. The molecule has 3 heteroatoms. The Balaban J connectivity index is 1.61. The molecule has 3 nitrogen and oxygen atoms in total. The van der Waals surface area contributed by atoms with E-state index >= 15 is 0 Å². The molecule has 1 saturated heterocycles. The molecular weight excluding hydrogens is 390 g/mol. The maximum atomic E-state index is 6.42. The highest BCUT2D eigenvalue weighted by molar-refractivity contribution is 5.49. The van der Waals surface area contributed by atoms with Crippen LogP contribution in [0.4, 0.5) is 5.69 Å². The van der Waals surface area contributed by atoms with E-state index in [1.807, 2.05) is 0 Å². The number of rotatable bonds is 12. The summed E-state index contributed by atoms with van der Waals surface area (Å²) in [5.41, 5.74) is 10.6. The summed E-state index contributed by atoms with van der Waals surface area (Å²) in [7, 11) is 0. The summed E-state index contributed by atoms with van der Waals surface area (Å²) >= 11 is 0. The summed E-state index contributed by atoms with van der Waals surface area (Å²) in [6, 6.07) is 21.1. The lowest BCUT2D eigenvalue weighted by molar-refractivity contribution is 0.291. The van der Waals surface area contributed by atoms with Crippen molar-refractivity contribution in [2.75, 3.05) is 31.1 Å². The van der Waals surface area contributed by atoms with Gasteiger partial charge in [0.25, 0.3) is 0 Å². The van der Waals surface area contributed by atoms with Crippen LogP contribution >= 0.6 is 0 Å². The second-order valence-electron chi connectivity index (χ2n) is 10.6. The largest absolute Gasteiger partial charge is 0.367 e. The molecule has 1 unspecified atom stereocenters. The zero-order valence-corrected chi connectivity index (χ0v) is 20.8. The fourth-order valence-electron chi connectivity index (χ4n) is 4.95. The van der Waals surface area contributed by atoms with Crippen molar-refractivity contribution >= 4 is 5.69 Å². The highest BCUT2D eigenvalue weighted by Gasteiger charge is 2.28. The molecule has 3 rings (SSSR count). The molecule has 0 aliphatic carbocycles. The zero-order chi connectivity index (χ0) is 22.9. The monoisotopic (exact) mass is 435 g/mol. The van der Waals surface area contributed by atoms with Crippen molar-refractivity contribution in [2.24, 2.45) is 17.6 Å². The summed E-state index contributed by atoms with van der Waals surface area (Å²) in [5, 5.41) is 0. The van der Waals surface area contributed by atoms with Gasteiger partial charge >= 0.3 is 0 Å². The van der Waals surface area contributed by atoms with E-state index in [1.54, 1.807) is 0 Å². The highest BCUT2D eigenvalue weighted by Crippen LogP contribution is 2.25. The maximum Gasteiger partial charge on any atom is 0.0429 e. The van der Waals surface area contributed by atoms with Crippen LogP contribution in [0.15, 0.2) is 54.6 Å². The van der Waals surface area contributed by atoms with Crippen LogP contribution in [0.25, 0.3) is 0 Å². The maximum absolute atomic E-state index is 6.42. The van der Waals surface area contributed by atoms with Gasteiger partial charge in [-0.2, -0.15) is 0 Å². The van der Waals surface area contributed by atoms with Crippen molar-refractivity contribution in [1.82, 2.24) is 4.90 Å². The topological polar surface area (TPSA) is 32.5 Å². The number of nitrogens with zero attached hydrogens (tertiary/aromatic N) is 2. The Hall–Kier alpha value is -1.84. The lowest BCUT2D eigenvalue weighted by Crippen LogP contribution is -2.41. The van der Waals surface area contributed by atoms with Gasteiger partial charge in [-0.1, -0.05) is 70.2 Å². The summed E-state index contributed by atoms with van der Waals surface area (Å²) in [5.74, 6) is 1.39. The molecule has 0 spiro atoms. The van der Waals surface area contributed by atoms with E-state index in [0.29, 0.717) is 18.0 Å². The quantitative estimate of drug-likeness (QED) is 0.459. The number of hydrogen-bond donors (Lipinski definition) is 1. The number of anilines is 1. The van der Waals surface area contributed by atoms with Crippen molar-refractivity contribution in [2.45, 2.75) is 71.9 Å². The van der Waals surface area contributed by atoms with Crippen LogP contribution in [-0.2, 0) is 12.8 Å². The van der Waals surface area contributed by atoms with E-state index in [2.05, 4.69) is 92.1 Å². The van der Waals surface area contributed by atoms with Crippen molar-refractivity contribution < 1.29 is 0 Å². The molecule has 0 amide bonds. The third-order valence-electron chi connectivity index (χ3n) is 6.72. The minimum absolute atomic E-state index is 0.293. The van der Waals surface area contributed by atoms with Gasteiger partial charge in [-0.25, -0.2) is 0 Å². The first-order chi connectivity index (χ1) is 15.4. The van der Waals surface area contributed by atoms with E-state index in [-0.39, 0.29) is 0 Å². The van der Waals surface area contributed by atoms with Crippen molar-refractivity contribution in [1.29, 1.82) is 0 Å². The Morgan fingerprint density at radius 3 is 2.19 bits per heavy atom. The van der Waals surface area contributed by atoms with Crippen LogP contribution in [0.3, 0.4) is 0 Å². The Morgan fingerprint density at radius 1 is 0.906 bits per heavy atom. The molecule has 1 fully saturated rings. The molecule has 2 N–H and O–H groups in total. The molecular formula is C29H45N3. The lowest BCUT2D eigenvalue weighted by atomic mass is 10.0. The van der Waals surface area contributed by atoms with Crippen LogP contribution in [0, 0.1) is 11.8 Å². The Morgan fingerprint density at radius 2 is 1.56 bits per heavy atom. The molecule has 32 heavy (non-hydrogen) atoms. The zero-order valence-electron chi connectivity index (χ0n) is 20.8. The molecule has 176 valence electrons. The molecule has 0 aromatic heterocycles. The molecule has 0 saturated carbocycles. The normalized spacial score (nSPS) is 17.9. The van der Waals surface area contributed by atoms with Gasteiger partial charge in [-0.3, -0.25) is 4.90 Å². The van der Waals surface area contributed by atoms with Crippen LogP contribution in [0.1, 0.15) is 58.1 Å². The first-order valence-corrected chi connectivity index (χ1v) is 12.8. The van der Waals surface area contributed by atoms with Gasteiger partial charge in [0.1, 0.15) is 0 Å². The Labute approximate surface area is 197 Å². The standard InChI is InChI=1S/C29H45N3/c1-23(2)16-19-32(29-17-18-31(22-29)21-27(30)20-24(3)4)28-14-12-26(13-15-28)11-10-25-8-6-5-7-9-25/h5-9,12-15,23-24,27,29H,10-11,16-22,30H2,1-4H3/t27?,29-/m0/s1. The number of nitrogens with two attached hydrogens (primary N) is 1. The van der Waals surface area contributed by atoms with E-state index in [1.165, 1.54) is 36.2 Å². The summed E-state index contributed by atoms with van der Waals surface area (Å²) in [6.45, 7) is 13.7. The predicted octanol–water partition coefficient (Wildman–Crippen LogP) is 5.77. The van der Waals surface area contributed by atoms with Crippen LogP contribution in [0.2, 0.25) is 0 Å². The summed E-state index contributed by atoms with van der Waals surface area (Å²) < 4.78 is 0. The van der Waals surface area contributed by atoms with Crippen molar-refractivity contribution in [3.63, 3.8) is 0 Å². The molecule has 2 aromatic rings. The molecule has 2 aromatic carbocycles. The average Bonchev–Trinajstić information content (AvgIpc) is 3.21. The number of benzene rings is 2. The molecule has 1 aliphatic rings. The van der Waals surface area contributed by atoms with E-state index in [4.69, 9.17) is 5.73 Å². The summed E-state index contributed by atoms with van der Waals surface area (Å²) in [6.07, 6.45) is 5.79. The first-order valence-electron chi connectivity index (χ1n) is 12.8. The van der Waals surface area contributed by atoms with E-state index in [0.717, 1.165) is 44.8 Å². The minimum Gasteiger partial charge on any atom is -0.367 e. The first kappa shape index (κ1) is 24.8. The smallest absolute Gasteiger partial charge is 0.0429 e. The van der Waals surface area contributed by atoms with E-state index in [9.17, 15) is 0 Å². The predicted molar refractivity (Wildman–Crippen MR) is 139 cm³/mol. The number of aryl methyl sites for hydroxylation is 2. The van der Waals surface area contributed by atoms with Gasteiger partial charge in [-0.05, 0) is 67.2 Å². The average molecular weight is 436 g/mol. The third kappa shape index (κ3) is 7.94.